The Bertz CT molecular complexity index is 448. The van der Waals surface area contributed by atoms with Crippen molar-refractivity contribution in [3.8, 4) is 5.75 Å². The monoisotopic (exact) mass is 258 g/mol. The first-order chi connectivity index (χ1) is 8.51. The van der Waals surface area contributed by atoms with Crippen molar-refractivity contribution in [2.75, 3.05) is 13.2 Å². The maximum Gasteiger partial charge on any atom is 0.379 e. The number of Topliss-reactive ketones (excluding diaryl/α,β-unsaturated/α-hetero) is 1. The molecule has 1 aromatic rings. The van der Waals surface area contributed by atoms with Gasteiger partial charge < -0.3 is 9.47 Å². The number of benzene rings is 1. The predicted molar refractivity (Wildman–Crippen MR) is 58.5 cm³/mol. The Kier molecular flexibility index (Phi) is 4.76. The van der Waals surface area contributed by atoms with E-state index in [1.165, 1.54) is 6.92 Å². The van der Waals surface area contributed by atoms with Gasteiger partial charge in [0.1, 0.15) is 22.9 Å². The Hall–Kier alpha value is -1.98. The fourth-order valence-corrected chi connectivity index (χ4v) is 1.32. The molecular formula is C12H12F2O4. The fraction of sp³-hybridized carbons (Fsp3) is 0.333. The zero-order valence-corrected chi connectivity index (χ0v) is 9.96. The summed E-state index contributed by atoms with van der Waals surface area (Å²) in [6.07, 6.45) is 0. The van der Waals surface area contributed by atoms with Crippen LogP contribution in [0.3, 0.4) is 0 Å². The van der Waals surface area contributed by atoms with Gasteiger partial charge in [-0.3, -0.25) is 4.79 Å². The molecule has 0 unspecified atom stereocenters. The third-order valence-electron chi connectivity index (χ3n) is 2.01. The summed E-state index contributed by atoms with van der Waals surface area (Å²) >= 11 is 0. The first kappa shape index (κ1) is 14.1. The van der Waals surface area contributed by atoms with Crippen LogP contribution in [0.15, 0.2) is 12.1 Å². The second-order valence-corrected chi connectivity index (χ2v) is 3.24. The van der Waals surface area contributed by atoms with Crippen LogP contribution in [-0.2, 0) is 9.53 Å². The van der Waals surface area contributed by atoms with Crippen LogP contribution in [0.4, 0.5) is 8.78 Å². The molecule has 6 heteroatoms. The van der Waals surface area contributed by atoms with E-state index in [2.05, 4.69) is 4.74 Å². The van der Waals surface area contributed by atoms with Crippen molar-refractivity contribution >= 4 is 11.8 Å². The number of halogens is 2. The van der Waals surface area contributed by atoms with Gasteiger partial charge in [-0.25, -0.2) is 13.6 Å². The zero-order chi connectivity index (χ0) is 13.7. The maximum absolute atomic E-state index is 13.5. The largest absolute Gasteiger partial charge is 0.494 e. The molecule has 0 spiro atoms. The molecule has 4 nitrogen and oxygen atoms in total. The van der Waals surface area contributed by atoms with Crippen LogP contribution >= 0.6 is 0 Å². The maximum atomic E-state index is 13.5. The van der Waals surface area contributed by atoms with Gasteiger partial charge in [-0.1, -0.05) is 0 Å². The fourth-order valence-electron chi connectivity index (χ4n) is 1.32. The third-order valence-corrected chi connectivity index (χ3v) is 2.01. The van der Waals surface area contributed by atoms with E-state index >= 15 is 0 Å². The van der Waals surface area contributed by atoms with Crippen molar-refractivity contribution in [1.82, 2.24) is 0 Å². The second-order valence-electron chi connectivity index (χ2n) is 3.24. The second kappa shape index (κ2) is 6.09. The minimum absolute atomic E-state index is 0.0482. The van der Waals surface area contributed by atoms with Gasteiger partial charge in [-0.05, 0) is 13.8 Å². The minimum Gasteiger partial charge on any atom is -0.494 e. The molecule has 0 saturated heterocycles. The van der Waals surface area contributed by atoms with Gasteiger partial charge in [0.2, 0.25) is 0 Å². The third kappa shape index (κ3) is 3.03. The summed E-state index contributed by atoms with van der Waals surface area (Å²) in [7, 11) is 0. The highest BCUT2D eigenvalue weighted by molar-refractivity contribution is 6.40. The lowest BCUT2D eigenvalue weighted by Crippen LogP contribution is -2.20. The van der Waals surface area contributed by atoms with E-state index < -0.39 is 29.0 Å². The summed E-state index contributed by atoms with van der Waals surface area (Å²) < 4.78 is 36.4. The number of ketones is 1. The topological polar surface area (TPSA) is 52.6 Å². The lowest BCUT2D eigenvalue weighted by atomic mass is 10.1. The van der Waals surface area contributed by atoms with E-state index in [1.807, 2.05) is 0 Å². The van der Waals surface area contributed by atoms with E-state index in [-0.39, 0.29) is 19.0 Å². The molecule has 0 saturated carbocycles. The Balaban J connectivity index is 3.10. The number of rotatable bonds is 5. The van der Waals surface area contributed by atoms with Gasteiger partial charge in [0.15, 0.2) is 0 Å². The van der Waals surface area contributed by atoms with Gasteiger partial charge in [0.05, 0.1) is 13.2 Å². The van der Waals surface area contributed by atoms with Crippen molar-refractivity contribution in [3.05, 3.63) is 29.3 Å². The van der Waals surface area contributed by atoms with Crippen molar-refractivity contribution < 1.29 is 27.8 Å². The molecule has 1 rings (SSSR count). The van der Waals surface area contributed by atoms with Crippen molar-refractivity contribution in [1.29, 1.82) is 0 Å². The molecule has 98 valence electrons. The Morgan fingerprint density at radius 2 is 1.67 bits per heavy atom. The molecule has 0 aliphatic rings. The SMILES string of the molecule is CCOC(=O)C(=O)c1c(F)cc(OCC)cc1F. The molecule has 0 N–H and O–H groups in total. The number of hydrogen-bond acceptors (Lipinski definition) is 4. The quantitative estimate of drug-likeness (QED) is 0.461. The van der Waals surface area contributed by atoms with Crippen LogP contribution in [-0.4, -0.2) is 25.0 Å². The Morgan fingerprint density at radius 1 is 1.11 bits per heavy atom. The van der Waals surface area contributed by atoms with E-state index in [1.54, 1.807) is 6.92 Å². The summed E-state index contributed by atoms with van der Waals surface area (Å²) in [6.45, 7) is 3.30. The van der Waals surface area contributed by atoms with E-state index in [4.69, 9.17) is 4.74 Å². The average molecular weight is 258 g/mol. The molecule has 0 heterocycles. The van der Waals surface area contributed by atoms with E-state index in [9.17, 15) is 18.4 Å². The molecule has 1 aromatic carbocycles. The predicted octanol–water partition coefficient (Wildman–Crippen LogP) is 2.11. The van der Waals surface area contributed by atoms with Gasteiger partial charge in [0, 0.05) is 12.1 Å². The standard InChI is InChI=1S/C12H12F2O4/c1-3-17-7-5-8(13)10(9(14)6-7)11(15)12(16)18-4-2/h5-6H,3-4H2,1-2H3. The molecule has 18 heavy (non-hydrogen) atoms. The Morgan fingerprint density at radius 3 is 2.11 bits per heavy atom. The summed E-state index contributed by atoms with van der Waals surface area (Å²) in [5.41, 5.74) is -0.933. The molecule has 0 aromatic heterocycles. The summed E-state index contributed by atoms with van der Waals surface area (Å²) in [5.74, 6) is -5.00. The van der Waals surface area contributed by atoms with Crippen LogP contribution in [0.5, 0.6) is 5.75 Å². The lowest BCUT2D eigenvalue weighted by molar-refractivity contribution is -0.137. The number of carbonyl (C=O) groups excluding carboxylic acids is 2. The Labute approximate surface area is 103 Å². The number of hydrogen-bond donors (Lipinski definition) is 0. The summed E-state index contributed by atoms with van der Waals surface area (Å²) in [6, 6.07) is 1.69. The molecule has 0 amide bonds. The van der Waals surface area contributed by atoms with Crippen LogP contribution in [0.25, 0.3) is 0 Å². The van der Waals surface area contributed by atoms with Gasteiger partial charge in [-0.15, -0.1) is 0 Å². The summed E-state index contributed by atoms with van der Waals surface area (Å²) in [5, 5.41) is 0. The highest BCUT2D eigenvalue weighted by Gasteiger charge is 2.26. The molecule has 0 radical (unpaired) electrons. The number of carbonyl (C=O) groups is 2. The zero-order valence-electron chi connectivity index (χ0n) is 9.96. The average Bonchev–Trinajstić information content (AvgIpc) is 2.28. The molecule has 0 aliphatic carbocycles. The smallest absolute Gasteiger partial charge is 0.379 e. The number of esters is 1. The van der Waals surface area contributed by atoms with Gasteiger partial charge in [-0.2, -0.15) is 0 Å². The van der Waals surface area contributed by atoms with E-state index in [0.717, 1.165) is 12.1 Å². The summed E-state index contributed by atoms with van der Waals surface area (Å²) in [4.78, 5) is 22.6. The van der Waals surface area contributed by atoms with E-state index in [0.29, 0.717) is 0 Å². The molecule has 0 bridgehead atoms. The van der Waals surface area contributed by atoms with Crippen LogP contribution in [0.2, 0.25) is 0 Å². The number of ether oxygens (including phenoxy) is 2. The van der Waals surface area contributed by atoms with Crippen LogP contribution in [0.1, 0.15) is 24.2 Å². The van der Waals surface area contributed by atoms with Crippen molar-refractivity contribution in [2.24, 2.45) is 0 Å². The van der Waals surface area contributed by atoms with Crippen LogP contribution in [0, 0.1) is 11.6 Å². The first-order valence-corrected chi connectivity index (χ1v) is 5.34. The molecule has 0 atom stereocenters. The van der Waals surface area contributed by atoms with Crippen molar-refractivity contribution in [3.63, 3.8) is 0 Å². The molecule has 0 aliphatic heterocycles. The highest BCUT2D eigenvalue weighted by Crippen LogP contribution is 2.21. The van der Waals surface area contributed by atoms with Gasteiger partial charge >= 0.3 is 5.97 Å². The molecule has 0 fully saturated rings. The molecular weight excluding hydrogens is 246 g/mol. The first-order valence-electron chi connectivity index (χ1n) is 5.34. The van der Waals surface area contributed by atoms with Gasteiger partial charge in [0.25, 0.3) is 5.78 Å². The highest BCUT2D eigenvalue weighted by atomic mass is 19.1. The normalized spacial score (nSPS) is 10.0. The minimum atomic E-state index is -1.35. The lowest BCUT2D eigenvalue weighted by Gasteiger charge is -2.07. The van der Waals surface area contributed by atoms with Crippen LogP contribution < -0.4 is 4.74 Å². The van der Waals surface area contributed by atoms with Crippen molar-refractivity contribution in [2.45, 2.75) is 13.8 Å².